The number of carbonyl (C=O) groups is 1. The van der Waals surface area contributed by atoms with E-state index in [1.165, 1.54) is 6.20 Å². The molecule has 152 valence electrons. The van der Waals surface area contributed by atoms with Crippen LogP contribution in [-0.2, 0) is 7.05 Å². The van der Waals surface area contributed by atoms with Gasteiger partial charge in [0, 0.05) is 49.9 Å². The van der Waals surface area contributed by atoms with Gasteiger partial charge in [-0.1, -0.05) is 0 Å². The summed E-state index contributed by atoms with van der Waals surface area (Å²) in [5, 5.41) is 17.0. The Balaban J connectivity index is 1.35. The summed E-state index contributed by atoms with van der Waals surface area (Å²) in [5.41, 5.74) is 2.73. The van der Waals surface area contributed by atoms with E-state index in [-0.39, 0.29) is 24.1 Å². The van der Waals surface area contributed by atoms with E-state index in [1.807, 2.05) is 6.07 Å². The molecule has 0 unspecified atom stereocenters. The number of hydrogen-bond donors (Lipinski definition) is 3. The highest BCUT2D eigenvalue weighted by atomic mass is 16.5. The average molecular weight is 405 g/mol. The van der Waals surface area contributed by atoms with Gasteiger partial charge in [-0.25, -0.2) is 9.97 Å². The van der Waals surface area contributed by atoms with Crippen LogP contribution in [0.4, 0.5) is 5.82 Å². The van der Waals surface area contributed by atoms with Gasteiger partial charge in [0.25, 0.3) is 5.91 Å². The molecule has 4 heterocycles. The Morgan fingerprint density at radius 3 is 2.93 bits per heavy atom. The van der Waals surface area contributed by atoms with Crippen LogP contribution in [0.15, 0.2) is 43.0 Å². The van der Waals surface area contributed by atoms with Gasteiger partial charge in [-0.2, -0.15) is 10.1 Å². The average Bonchev–Trinajstić information content (AvgIpc) is 3.33. The third-order valence-corrected chi connectivity index (χ3v) is 4.96. The van der Waals surface area contributed by atoms with Crippen molar-refractivity contribution in [2.75, 3.05) is 5.32 Å². The highest BCUT2D eigenvalue weighted by Gasteiger charge is 2.29. The Labute approximate surface area is 171 Å². The standard InChI is InChI=1S/C20H19N7O3/c1-27-10-12(9-23-27)19(29)26-18-7-16-11(8-22-18)4-17(24-16)15-2-3-21-20(25-15)30-14-5-13(28)6-14/h2-4,7-10,13-14,24,28H,5-6H2,1H3,(H,22,26,29). The third kappa shape index (κ3) is 3.60. The number of rotatable bonds is 5. The Morgan fingerprint density at radius 2 is 2.17 bits per heavy atom. The number of aliphatic hydroxyl groups is 1. The number of aromatic amines is 1. The van der Waals surface area contributed by atoms with Gasteiger partial charge in [0.05, 0.1) is 34.8 Å². The van der Waals surface area contributed by atoms with Gasteiger partial charge in [0.15, 0.2) is 0 Å². The van der Waals surface area contributed by atoms with Gasteiger partial charge in [0.1, 0.15) is 11.9 Å². The maximum Gasteiger partial charge on any atom is 0.317 e. The highest BCUT2D eigenvalue weighted by Crippen LogP contribution is 2.27. The van der Waals surface area contributed by atoms with Crippen LogP contribution in [0.5, 0.6) is 6.01 Å². The van der Waals surface area contributed by atoms with E-state index in [1.54, 1.807) is 42.5 Å². The normalized spacial score (nSPS) is 18.2. The Bertz CT molecular complexity index is 1230. The molecule has 3 N–H and O–H groups in total. The van der Waals surface area contributed by atoms with Crippen molar-refractivity contribution in [1.29, 1.82) is 0 Å². The fraction of sp³-hybridized carbons (Fsp3) is 0.250. The number of nitrogens with zero attached hydrogens (tertiary/aromatic N) is 5. The molecule has 10 nitrogen and oxygen atoms in total. The Hall–Kier alpha value is -3.79. The first-order valence-corrected chi connectivity index (χ1v) is 9.50. The summed E-state index contributed by atoms with van der Waals surface area (Å²) in [5.74, 6) is 0.153. The number of aromatic nitrogens is 6. The van der Waals surface area contributed by atoms with Crippen LogP contribution < -0.4 is 10.1 Å². The zero-order chi connectivity index (χ0) is 20.7. The van der Waals surface area contributed by atoms with E-state index >= 15 is 0 Å². The molecule has 1 aliphatic carbocycles. The van der Waals surface area contributed by atoms with Gasteiger partial charge in [-0.05, 0) is 12.1 Å². The number of aryl methyl sites for hydroxylation is 1. The topological polar surface area (TPSA) is 131 Å². The second-order valence-corrected chi connectivity index (χ2v) is 7.29. The second kappa shape index (κ2) is 7.23. The predicted octanol–water partition coefficient (Wildman–Crippen LogP) is 1.91. The molecule has 1 aliphatic rings. The minimum absolute atomic E-state index is 0.0480. The quantitative estimate of drug-likeness (QED) is 0.462. The first-order valence-electron chi connectivity index (χ1n) is 9.50. The lowest BCUT2D eigenvalue weighted by molar-refractivity contribution is -0.0150. The summed E-state index contributed by atoms with van der Waals surface area (Å²) in [7, 11) is 1.75. The molecule has 10 heteroatoms. The lowest BCUT2D eigenvalue weighted by atomic mass is 9.92. The molecule has 4 aromatic heterocycles. The van der Waals surface area contributed by atoms with Crippen molar-refractivity contribution in [3.05, 3.63) is 48.5 Å². The second-order valence-electron chi connectivity index (χ2n) is 7.29. The maximum absolute atomic E-state index is 12.3. The number of pyridine rings is 1. The number of nitrogens with one attached hydrogen (secondary N) is 2. The Morgan fingerprint density at radius 1 is 1.30 bits per heavy atom. The van der Waals surface area contributed by atoms with Crippen LogP contribution in [0.2, 0.25) is 0 Å². The maximum atomic E-state index is 12.3. The fourth-order valence-corrected chi connectivity index (χ4v) is 3.29. The SMILES string of the molecule is Cn1cc(C(=O)Nc2cc3[nH]c(-c4ccnc(OC5CC(O)C5)n4)cc3cn2)cn1. The molecule has 0 bridgehead atoms. The molecule has 1 fully saturated rings. The summed E-state index contributed by atoms with van der Waals surface area (Å²) in [6.07, 6.45) is 7.30. The highest BCUT2D eigenvalue weighted by molar-refractivity contribution is 6.04. The minimum atomic E-state index is -0.299. The largest absolute Gasteiger partial charge is 0.460 e. The van der Waals surface area contributed by atoms with E-state index in [0.29, 0.717) is 29.9 Å². The number of hydrogen-bond acceptors (Lipinski definition) is 7. The van der Waals surface area contributed by atoms with Gasteiger partial charge in [-0.15, -0.1) is 0 Å². The van der Waals surface area contributed by atoms with E-state index in [2.05, 4.69) is 30.4 Å². The molecule has 0 saturated heterocycles. The minimum Gasteiger partial charge on any atom is -0.460 e. The van der Waals surface area contributed by atoms with E-state index in [4.69, 9.17) is 4.74 Å². The van der Waals surface area contributed by atoms with Crippen molar-refractivity contribution in [3.8, 4) is 17.4 Å². The van der Waals surface area contributed by atoms with Gasteiger partial charge in [0.2, 0.25) is 0 Å². The number of fused-ring (bicyclic) bond motifs is 1. The molecule has 30 heavy (non-hydrogen) atoms. The number of anilines is 1. The van der Waals surface area contributed by atoms with Crippen molar-refractivity contribution in [2.24, 2.45) is 7.05 Å². The molecule has 0 radical (unpaired) electrons. The van der Waals surface area contributed by atoms with Crippen LogP contribution in [0, 0.1) is 0 Å². The lowest BCUT2D eigenvalue weighted by Crippen LogP contribution is -2.37. The molecular weight excluding hydrogens is 386 g/mol. The number of ether oxygens (including phenoxy) is 1. The van der Waals surface area contributed by atoms with Crippen molar-refractivity contribution >= 4 is 22.6 Å². The van der Waals surface area contributed by atoms with Gasteiger partial charge >= 0.3 is 6.01 Å². The van der Waals surface area contributed by atoms with Crippen LogP contribution in [-0.4, -0.2) is 52.9 Å². The van der Waals surface area contributed by atoms with Gasteiger partial charge < -0.3 is 20.1 Å². The number of carbonyl (C=O) groups excluding carboxylic acids is 1. The van der Waals surface area contributed by atoms with Crippen LogP contribution in [0.25, 0.3) is 22.3 Å². The van der Waals surface area contributed by atoms with E-state index < -0.39 is 0 Å². The van der Waals surface area contributed by atoms with Crippen molar-refractivity contribution < 1.29 is 14.6 Å². The summed E-state index contributed by atoms with van der Waals surface area (Å²) < 4.78 is 7.27. The zero-order valence-corrected chi connectivity index (χ0v) is 16.1. The molecular formula is C20H19N7O3. The van der Waals surface area contributed by atoms with Gasteiger partial charge in [-0.3, -0.25) is 9.48 Å². The summed E-state index contributed by atoms with van der Waals surface area (Å²) in [6.45, 7) is 0. The van der Waals surface area contributed by atoms with Crippen LogP contribution in [0.3, 0.4) is 0 Å². The predicted molar refractivity (Wildman–Crippen MR) is 108 cm³/mol. The van der Waals surface area contributed by atoms with Crippen molar-refractivity contribution in [2.45, 2.75) is 25.0 Å². The molecule has 0 spiro atoms. The molecule has 1 saturated carbocycles. The van der Waals surface area contributed by atoms with Crippen LogP contribution >= 0.6 is 0 Å². The first-order chi connectivity index (χ1) is 14.5. The molecule has 4 aromatic rings. The smallest absolute Gasteiger partial charge is 0.317 e. The van der Waals surface area contributed by atoms with Crippen molar-refractivity contribution in [1.82, 2.24) is 29.7 Å². The number of amides is 1. The molecule has 1 amide bonds. The Kier molecular flexibility index (Phi) is 4.40. The fourth-order valence-electron chi connectivity index (χ4n) is 3.29. The van der Waals surface area contributed by atoms with Crippen molar-refractivity contribution in [3.63, 3.8) is 0 Å². The monoisotopic (exact) mass is 405 g/mol. The number of aliphatic hydroxyl groups excluding tert-OH is 1. The third-order valence-electron chi connectivity index (χ3n) is 4.96. The lowest BCUT2D eigenvalue weighted by Gasteiger charge is -2.30. The van der Waals surface area contributed by atoms with E-state index in [0.717, 1.165) is 16.6 Å². The molecule has 0 atom stereocenters. The van der Waals surface area contributed by atoms with E-state index in [9.17, 15) is 9.90 Å². The molecule has 5 rings (SSSR count). The summed E-state index contributed by atoms with van der Waals surface area (Å²) in [4.78, 5) is 28.5. The molecule has 0 aliphatic heterocycles. The number of H-pyrrole nitrogens is 1. The summed E-state index contributed by atoms with van der Waals surface area (Å²) in [6, 6.07) is 5.76. The zero-order valence-electron chi connectivity index (χ0n) is 16.1. The first kappa shape index (κ1) is 18.3. The molecule has 0 aromatic carbocycles. The summed E-state index contributed by atoms with van der Waals surface area (Å²) >= 11 is 0. The van der Waals surface area contributed by atoms with Crippen LogP contribution in [0.1, 0.15) is 23.2 Å².